The summed E-state index contributed by atoms with van der Waals surface area (Å²) in [6.07, 6.45) is -0.818. The van der Waals surface area contributed by atoms with Crippen LogP contribution >= 0.6 is 7.60 Å². The summed E-state index contributed by atoms with van der Waals surface area (Å²) in [6.45, 7) is 2.87. The van der Waals surface area contributed by atoms with Crippen molar-refractivity contribution < 1.29 is 28.6 Å². The highest BCUT2D eigenvalue weighted by Crippen LogP contribution is 2.36. The van der Waals surface area contributed by atoms with E-state index in [1.54, 1.807) is 6.92 Å². The third kappa shape index (κ3) is 8.99. The van der Waals surface area contributed by atoms with Gasteiger partial charge in [-0.25, -0.2) is 0 Å². The zero-order chi connectivity index (χ0) is 11.9. The van der Waals surface area contributed by atoms with E-state index in [0.29, 0.717) is 0 Å². The van der Waals surface area contributed by atoms with Gasteiger partial charge in [0.25, 0.3) is 0 Å². The van der Waals surface area contributed by atoms with Crippen molar-refractivity contribution in [2.45, 2.75) is 19.1 Å². The molecule has 0 aliphatic carbocycles. The van der Waals surface area contributed by atoms with Gasteiger partial charge in [0, 0.05) is 13.8 Å². The first-order valence-corrected chi connectivity index (χ1v) is 6.61. The quantitative estimate of drug-likeness (QED) is 0.593. The molecular formula is C8H19O6P. The highest BCUT2D eigenvalue weighted by Gasteiger charge is 2.18. The van der Waals surface area contributed by atoms with Gasteiger partial charge in [-0.3, -0.25) is 4.57 Å². The van der Waals surface area contributed by atoms with Crippen LogP contribution in [0.25, 0.3) is 0 Å². The molecule has 0 radical (unpaired) electrons. The van der Waals surface area contributed by atoms with Crippen LogP contribution in [0.1, 0.15) is 6.92 Å². The lowest BCUT2D eigenvalue weighted by Gasteiger charge is -2.21. The number of aliphatic hydroxyl groups is 1. The Labute approximate surface area is 89.7 Å². The Morgan fingerprint density at radius 3 is 2.40 bits per heavy atom. The van der Waals surface area contributed by atoms with Crippen LogP contribution in [0.4, 0.5) is 0 Å². The number of methoxy groups -OCH3 is 1. The molecule has 0 heterocycles. The molecule has 0 aliphatic rings. The Morgan fingerprint density at radius 1 is 1.40 bits per heavy atom. The largest absolute Gasteiger partial charge is 0.394 e. The summed E-state index contributed by atoms with van der Waals surface area (Å²) in [7, 11) is -2.00. The maximum absolute atomic E-state index is 10.9. The predicted molar refractivity (Wildman–Crippen MR) is 55.0 cm³/mol. The van der Waals surface area contributed by atoms with Gasteiger partial charge in [-0.1, -0.05) is 0 Å². The lowest BCUT2D eigenvalue weighted by Crippen LogP contribution is -2.30. The van der Waals surface area contributed by atoms with E-state index in [0.717, 1.165) is 6.66 Å². The summed E-state index contributed by atoms with van der Waals surface area (Å²) in [5, 5.41) is 8.77. The van der Waals surface area contributed by atoms with Crippen molar-refractivity contribution in [1.82, 2.24) is 0 Å². The minimum atomic E-state index is -3.49. The average Bonchev–Trinajstić information content (AvgIpc) is 2.13. The second kappa shape index (κ2) is 7.33. The van der Waals surface area contributed by atoms with E-state index in [1.165, 1.54) is 7.11 Å². The van der Waals surface area contributed by atoms with E-state index in [9.17, 15) is 4.57 Å². The van der Waals surface area contributed by atoms with Gasteiger partial charge in [0.15, 0.2) is 0 Å². The monoisotopic (exact) mass is 242 g/mol. The van der Waals surface area contributed by atoms with Crippen LogP contribution in [-0.2, 0) is 18.6 Å². The molecule has 0 spiro atoms. The van der Waals surface area contributed by atoms with Gasteiger partial charge < -0.3 is 24.0 Å². The van der Waals surface area contributed by atoms with Crippen LogP contribution in [0.3, 0.4) is 0 Å². The fourth-order valence-corrected chi connectivity index (χ4v) is 1.35. The summed E-state index contributed by atoms with van der Waals surface area (Å²) in [4.78, 5) is 8.91. The number of hydrogen-bond acceptors (Lipinski definition) is 5. The molecule has 15 heavy (non-hydrogen) atoms. The van der Waals surface area contributed by atoms with Crippen LogP contribution in [0.15, 0.2) is 0 Å². The molecule has 0 aromatic heterocycles. The zero-order valence-electron chi connectivity index (χ0n) is 9.25. The molecule has 0 rings (SSSR count). The Bertz CT molecular complexity index is 203. The highest BCUT2D eigenvalue weighted by molar-refractivity contribution is 7.51. The van der Waals surface area contributed by atoms with Gasteiger partial charge >= 0.3 is 7.60 Å². The number of aliphatic hydroxyl groups excluding tert-OH is 1. The van der Waals surface area contributed by atoms with Crippen molar-refractivity contribution >= 4 is 7.60 Å². The summed E-state index contributed by atoms with van der Waals surface area (Å²) >= 11 is 0. The zero-order valence-corrected chi connectivity index (χ0v) is 10.1. The molecular weight excluding hydrogens is 223 g/mol. The van der Waals surface area contributed by atoms with Crippen LogP contribution in [-0.4, -0.2) is 55.8 Å². The molecule has 7 heteroatoms. The molecule has 3 atom stereocenters. The lowest BCUT2D eigenvalue weighted by molar-refractivity contribution is -0.0758. The Morgan fingerprint density at radius 2 is 2.00 bits per heavy atom. The molecule has 0 aromatic rings. The van der Waals surface area contributed by atoms with Gasteiger partial charge in [0.05, 0.1) is 25.9 Å². The third-order valence-electron chi connectivity index (χ3n) is 1.53. The molecule has 92 valence electrons. The van der Waals surface area contributed by atoms with Crippen molar-refractivity contribution in [2.24, 2.45) is 0 Å². The van der Waals surface area contributed by atoms with Gasteiger partial charge in [-0.2, -0.15) is 0 Å². The normalized spacial score (nSPS) is 19.5. The maximum atomic E-state index is 10.9. The number of ether oxygens (including phenoxy) is 2. The van der Waals surface area contributed by atoms with Gasteiger partial charge in [-0.15, -0.1) is 0 Å². The van der Waals surface area contributed by atoms with E-state index in [-0.39, 0.29) is 25.9 Å². The highest BCUT2D eigenvalue weighted by atomic mass is 31.2. The van der Waals surface area contributed by atoms with Crippen LogP contribution in [0.2, 0.25) is 0 Å². The molecule has 0 saturated heterocycles. The van der Waals surface area contributed by atoms with E-state index >= 15 is 0 Å². The molecule has 0 amide bonds. The van der Waals surface area contributed by atoms with E-state index in [1.807, 2.05) is 0 Å². The van der Waals surface area contributed by atoms with Crippen molar-refractivity contribution in [3.63, 3.8) is 0 Å². The molecule has 0 fully saturated rings. The fourth-order valence-electron chi connectivity index (χ4n) is 0.906. The first-order chi connectivity index (χ1) is 6.89. The molecule has 2 N–H and O–H groups in total. The van der Waals surface area contributed by atoms with Crippen LogP contribution in [0.5, 0.6) is 0 Å². The summed E-state index contributed by atoms with van der Waals surface area (Å²) in [5.41, 5.74) is 0. The summed E-state index contributed by atoms with van der Waals surface area (Å²) in [5.74, 6) is 0. The maximum Gasteiger partial charge on any atom is 0.325 e. The molecule has 0 aliphatic heterocycles. The molecule has 0 aromatic carbocycles. The van der Waals surface area contributed by atoms with Crippen molar-refractivity contribution in [3.8, 4) is 0 Å². The third-order valence-corrected chi connectivity index (χ3v) is 2.16. The van der Waals surface area contributed by atoms with Gasteiger partial charge in [0.2, 0.25) is 0 Å². The standard InChI is InChI=1S/C8H19O6P/c1-7(4-9)14-8(5-12-2)6-13-15(3,10)11/h7-9H,4-6H2,1-3H3,(H,10,11). The second-order valence-corrected chi connectivity index (χ2v) is 5.17. The van der Waals surface area contributed by atoms with E-state index in [2.05, 4.69) is 0 Å². The molecule has 0 saturated carbocycles. The van der Waals surface area contributed by atoms with Crippen molar-refractivity contribution in [3.05, 3.63) is 0 Å². The Hall–Kier alpha value is 0.0300. The summed E-state index contributed by atoms with van der Waals surface area (Å²) in [6, 6.07) is 0. The predicted octanol–water partition coefficient (Wildman–Crippen LogP) is 0.231. The second-order valence-electron chi connectivity index (χ2n) is 3.31. The minimum Gasteiger partial charge on any atom is -0.394 e. The van der Waals surface area contributed by atoms with E-state index in [4.69, 9.17) is 24.0 Å². The average molecular weight is 242 g/mol. The molecule has 6 nitrogen and oxygen atoms in total. The SMILES string of the molecule is COCC(COP(C)(=O)O)OC(C)CO. The Kier molecular flexibility index (Phi) is 7.34. The summed E-state index contributed by atoms with van der Waals surface area (Å²) < 4.78 is 25.7. The van der Waals surface area contributed by atoms with Crippen molar-refractivity contribution in [2.75, 3.05) is 33.6 Å². The Balaban J connectivity index is 3.98. The van der Waals surface area contributed by atoms with Crippen LogP contribution < -0.4 is 0 Å². The molecule has 3 unspecified atom stereocenters. The fraction of sp³-hybridized carbons (Fsp3) is 1.00. The smallest absolute Gasteiger partial charge is 0.325 e. The molecule has 0 bridgehead atoms. The number of hydrogen-bond donors (Lipinski definition) is 2. The minimum absolute atomic E-state index is 0.0392. The van der Waals surface area contributed by atoms with E-state index < -0.39 is 13.7 Å². The lowest BCUT2D eigenvalue weighted by atomic mass is 10.3. The first-order valence-electron chi connectivity index (χ1n) is 4.59. The van der Waals surface area contributed by atoms with Crippen molar-refractivity contribution in [1.29, 1.82) is 0 Å². The topological polar surface area (TPSA) is 85.2 Å². The number of rotatable bonds is 8. The first kappa shape index (κ1) is 15.0. The van der Waals surface area contributed by atoms with Gasteiger partial charge in [0.1, 0.15) is 6.10 Å². The van der Waals surface area contributed by atoms with Crippen LogP contribution in [0, 0.1) is 0 Å². The van der Waals surface area contributed by atoms with Gasteiger partial charge in [-0.05, 0) is 6.92 Å².